The number of nitrogens with zero attached hydrogens (tertiary/aromatic N) is 1. The van der Waals surface area contributed by atoms with E-state index in [1.807, 2.05) is 4.90 Å². The number of benzene rings is 1. The van der Waals surface area contributed by atoms with Crippen molar-refractivity contribution >= 4 is 33.4 Å². The smallest absolute Gasteiger partial charge is 0.254 e. The van der Waals surface area contributed by atoms with Crippen LogP contribution in [0.1, 0.15) is 29.6 Å². The summed E-state index contributed by atoms with van der Waals surface area (Å²) in [6.07, 6.45) is 3.20. The van der Waals surface area contributed by atoms with Crippen LogP contribution in [0.5, 0.6) is 0 Å². The van der Waals surface area contributed by atoms with Crippen LogP contribution >= 0.6 is 27.5 Å². The summed E-state index contributed by atoms with van der Waals surface area (Å²) < 4.78 is 0.747. The second-order valence-corrected chi connectivity index (χ2v) is 5.77. The third kappa shape index (κ3) is 2.87. The third-order valence-corrected chi connectivity index (χ3v) is 4.54. The molecule has 1 aliphatic heterocycles. The maximum atomic E-state index is 12.4. The van der Waals surface area contributed by atoms with Crippen LogP contribution in [0.2, 0.25) is 5.02 Å². The number of carbonyl (C=O) groups is 1. The molecule has 98 valence electrons. The highest BCUT2D eigenvalue weighted by atomic mass is 79.9. The van der Waals surface area contributed by atoms with Crippen molar-refractivity contribution in [3.05, 3.63) is 33.3 Å². The summed E-state index contributed by atoms with van der Waals surface area (Å²) >= 11 is 9.28. The summed E-state index contributed by atoms with van der Waals surface area (Å²) in [7, 11) is 0. The number of nitrogens with two attached hydrogens (primary N) is 1. The monoisotopic (exact) mass is 330 g/mol. The lowest BCUT2D eigenvalue weighted by Crippen LogP contribution is -2.47. The molecule has 0 radical (unpaired) electrons. The van der Waals surface area contributed by atoms with Crippen LogP contribution < -0.4 is 5.73 Å². The van der Waals surface area contributed by atoms with Gasteiger partial charge in [0, 0.05) is 29.2 Å². The molecule has 1 aromatic carbocycles. The minimum absolute atomic E-state index is 0.0440. The first-order chi connectivity index (χ1) is 8.63. The molecule has 0 spiro atoms. The molecule has 1 saturated heterocycles. The fourth-order valence-electron chi connectivity index (χ4n) is 2.31. The van der Waals surface area contributed by atoms with Gasteiger partial charge >= 0.3 is 0 Å². The largest absolute Gasteiger partial charge is 0.334 e. The predicted octanol–water partition coefficient (Wildman–Crippen LogP) is 3.06. The topological polar surface area (TPSA) is 46.3 Å². The van der Waals surface area contributed by atoms with E-state index < -0.39 is 0 Å². The highest BCUT2D eigenvalue weighted by Gasteiger charge is 2.26. The Hall–Kier alpha value is -0.580. The van der Waals surface area contributed by atoms with E-state index >= 15 is 0 Å². The summed E-state index contributed by atoms with van der Waals surface area (Å²) in [6.45, 7) is 1.32. The van der Waals surface area contributed by atoms with E-state index in [4.69, 9.17) is 17.3 Å². The Bertz CT molecular complexity index is 453. The fraction of sp³-hybridized carbons (Fsp3) is 0.462. The quantitative estimate of drug-likeness (QED) is 0.905. The second kappa shape index (κ2) is 6.04. The van der Waals surface area contributed by atoms with Gasteiger partial charge in [-0.1, -0.05) is 11.6 Å². The second-order valence-electron chi connectivity index (χ2n) is 4.51. The first kappa shape index (κ1) is 13.8. The Morgan fingerprint density at radius 1 is 1.50 bits per heavy atom. The summed E-state index contributed by atoms with van der Waals surface area (Å²) in [5.41, 5.74) is 6.40. The highest BCUT2D eigenvalue weighted by molar-refractivity contribution is 9.10. The molecule has 1 aromatic rings. The van der Waals surface area contributed by atoms with Crippen molar-refractivity contribution in [2.24, 2.45) is 5.73 Å². The molecule has 1 unspecified atom stereocenters. The van der Waals surface area contributed by atoms with E-state index in [1.54, 1.807) is 18.2 Å². The zero-order valence-electron chi connectivity index (χ0n) is 10.0. The molecule has 0 aromatic heterocycles. The van der Waals surface area contributed by atoms with Crippen molar-refractivity contribution in [1.82, 2.24) is 4.90 Å². The SMILES string of the molecule is NCC1CCCCN1C(=O)c1ccc(Cl)c(Br)c1. The van der Waals surface area contributed by atoms with Crippen LogP contribution in [0.4, 0.5) is 0 Å². The molecule has 18 heavy (non-hydrogen) atoms. The lowest BCUT2D eigenvalue weighted by atomic mass is 10.0. The number of piperidine rings is 1. The number of rotatable bonds is 2. The lowest BCUT2D eigenvalue weighted by Gasteiger charge is -2.35. The normalized spacial score (nSPS) is 19.9. The van der Waals surface area contributed by atoms with Crippen LogP contribution in [-0.4, -0.2) is 29.9 Å². The molecule has 1 amide bonds. The van der Waals surface area contributed by atoms with Crippen LogP contribution in [0.25, 0.3) is 0 Å². The van der Waals surface area contributed by atoms with Gasteiger partial charge in [-0.15, -0.1) is 0 Å². The number of carbonyl (C=O) groups excluding carboxylic acids is 1. The molecule has 1 heterocycles. The van der Waals surface area contributed by atoms with Crippen LogP contribution in [0.3, 0.4) is 0 Å². The van der Waals surface area contributed by atoms with Crippen molar-refractivity contribution in [3.8, 4) is 0 Å². The Labute approximate surface area is 120 Å². The summed E-state index contributed by atoms with van der Waals surface area (Å²) in [5.74, 6) is 0.0440. The van der Waals surface area contributed by atoms with Crippen molar-refractivity contribution in [2.75, 3.05) is 13.1 Å². The van der Waals surface area contributed by atoms with E-state index in [1.165, 1.54) is 0 Å². The summed E-state index contributed by atoms with van der Waals surface area (Å²) in [6, 6.07) is 5.44. The molecule has 0 aliphatic carbocycles. The Morgan fingerprint density at radius 2 is 2.28 bits per heavy atom. The highest BCUT2D eigenvalue weighted by Crippen LogP contribution is 2.25. The van der Waals surface area contributed by atoms with E-state index in [2.05, 4.69) is 15.9 Å². The van der Waals surface area contributed by atoms with Gasteiger partial charge in [-0.05, 0) is 53.4 Å². The average molecular weight is 332 g/mol. The third-order valence-electron chi connectivity index (χ3n) is 3.33. The zero-order chi connectivity index (χ0) is 13.1. The number of hydrogen-bond donors (Lipinski definition) is 1. The van der Waals surface area contributed by atoms with Crippen LogP contribution in [-0.2, 0) is 0 Å². The molecule has 0 bridgehead atoms. The number of halogens is 2. The van der Waals surface area contributed by atoms with E-state index in [0.29, 0.717) is 17.1 Å². The predicted molar refractivity (Wildman–Crippen MR) is 76.9 cm³/mol. The molecule has 2 N–H and O–H groups in total. The summed E-state index contributed by atoms with van der Waals surface area (Å²) in [5, 5.41) is 0.612. The van der Waals surface area contributed by atoms with E-state index in [9.17, 15) is 4.79 Å². The van der Waals surface area contributed by atoms with Crippen LogP contribution in [0, 0.1) is 0 Å². The van der Waals surface area contributed by atoms with Crippen molar-refractivity contribution in [3.63, 3.8) is 0 Å². The number of hydrogen-bond acceptors (Lipinski definition) is 2. The van der Waals surface area contributed by atoms with Crippen molar-refractivity contribution in [1.29, 1.82) is 0 Å². The first-order valence-corrected chi connectivity index (χ1v) is 7.26. The van der Waals surface area contributed by atoms with E-state index in [0.717, 1.165) is 30.3 Å². The standard InChI is InChI=1S/C13H16BrClN2O/c14-11-7-9(4-5-12(11)15)13(18)17-6-2-1-3-10(17)8-16/h4-5,7,10H,1-3,6,8,16H2. The summed E-state index contributed by atoms with van der Waals surface area (Å²) in [4.78, 5) is 14.3. The van der Waals surface area contributed by atoms with Crippen molar-refractivity contribution in [2.45, 2.75) is 25.3 Å². The average Bonchev–Trinajstić information content (AvgIpc) is 2.41. The number of likely N-dealkylation sites (tertiary alicyclic amines) is 1. The van der Waals surface area contributed by atoms with Crippen LogP contribution in [0.15, 0.2) is 22.7 Å². The molecule has 3 nitrogen and oxygen atoms in total. The zero-order valence-corrected chi connectivity index (χ0v) is 12.4. The Balaban J connectivity index is 2.21. The van der Waals surface area contributed by atoms with Gasteiger partial charge in [0.05, 0.1) is 5.02 Å². The van der Waals surface area contributed by atoms with Gasteiger partial charge in [0.1, 0.15) is 0 Å². The van der Waals surface area contributed by atoms with Crippen molar-refractivity contribution < 1.29 is 4.79 Å². The van der Waals surface area contributed by atoms with Gasteiger partial charge in [0.15, 0.2) is 0 Å². The van der Waals surface area contributed by atoms with Gasteiger partial charge in [-0.25, -0.2) is 0 Å². The Kier molecular flexibility index (Phi) is 4.65. The maximum Gasteiger partial charge on any atom is 0.254 e. The number of amides is 1. The molecular weight excluding hydrogens is 316 g/mol. The van der Waals surface area contributed by atoms with Gasteiger partial charge in [0.25, 0.3) is 5.91 Å². The molecule has 1 fully saturated rings. The molecule has 1 atom stereocenters. The molecular formula is C13H16BrClN2O. The first-order valence-electron chi connectivity index (χ1n) is 6.09. The minimum Gasteiger partial charge on any atom is -0.334 e. The lowest BCUT2D eigenvalue weighted by molar-refractivity contribution is 0.0623. The Morgan fingerprint density at radius 3 is 2.94 bits per heavy atom. The van der Waals surface area contributed by atoms with Gasteiger partial charge in [0.2, 0.25) is 0 Å². The fourth-order valence-corrected chi connectivity index (χ4v) is 2.80. The minimum atomic E-state index is 0.0440. The van der Waals surface area contributed by atoms with Gasteiger partial charge in [-0.3, -0.25) is 4.79 Å². The maximum absolute atomic E-state index is 12.4. The molecule has 5 heteroatoms. The van der Waals surface area contributed by atoms with Gasteiger partial charge in [-0.2, -0.15) is 0 Å². The van der Waals surface area contributed by atoms with E-state index in [-0.39, 0.29) is 11.9 Å². The van der Waals surface area contributed by atoms with Gasteiger partial charge < -0.3 is 10.6 Å². The molecule has 0 saturated carbocycles. The molecule has 2 rings (SSSR count). The molecule has 1 aliphatic rings.